The number of hydrogen-bond donors (Lipinski definition) is 1. The summed E-state index contributed by atoms with van der Waals surface area (Å²) in [5.41, 5.74) is 0.495. The number of nitrogens with one attached hydrogen (secondary N) is 1. The Labute approximate surface area is 125 Å². The normalized spacial score (nSPS) is 10.6. The van der Waals surface area contributed by atoms with Gasteiger partial charge in [-0.1, -0.05) is 23.2 Å². The van der Waals surface area contributed by atoms with E-state index in [1.807, 2.05) is 0 Å². The van der Waals surface area contributed by atoms with Crippen LogP contribution in [-0.4, -0.2) is 9.13 Å². The van der Waals surface area contributed by atoms with E-state index in [4.69, 9.17) is 23.2 Å². The van der Waals surface area contributed by atoms with Crippen LogP contribution in [0.4, 0.5) is 5.69 Å². The van der Waals surface area contributed by atoms with Crippen molar-refractivity contribution in [2.45, 2.75) is 6.54 Å². The molecule has 0 spiro atoms. The van der Waals surface area contributed by atoms with E-state index in [0.717, 1.165) is 4.57 Å². The standard InChI is InChI=1S/C13H13Cl2N3O2/c1-17-9(6-12(19)18(2)13(17)20)7-16-11-5-8(14)3-4-10(11)15/h3-6,16H,7H2,1-2H3. The van der Waals surface area contributed by atoms with Gasteiger partial charge in [-0.05, 0) is 18.2 Å². The average Bonchev–Trinajstić information content (AvgIpc) is 2.42. The third-order valence-corrected chi connectivity index (χ3v) is 3.58. The van der Waals surface area contributed by atoms with Gasteiger partial charge in [0, 0.05) is 30.9 Å². The van der Waals surface area contributed by atoms with Crippen LogP contribution in [-0.2, 0) is 20.6 Å². The van der Waals surface area contributed by atoms with Crippen molar-refractivity contribution in [3.8, 4) is 0 Å². The van der Waals surface area contributed by atoms with Gasteiger partial charge in [0.05, 0.1) is 17.3 Å². The SMILES string of the molecule is Cn1c(CNc2cc(Cl)ccc2Cl)cc(=O)n(C)c1=O. The minimum absolute atomic E-state index is 0.294. The highest BCUT2D eigenvalue weighted by Crippen LogP contribution is 2.25. The van der Waals surface area contributed by atoms with E-state index in [-0.39, 0.29) is 11.2 Å². The van der Waals surface area contributed by atoms with Crippen molar-refractivity contribution in [1.82, 2.24) is 9.13 Å². The zero-order valence-electron chi connectivity index (χ0n) is 11.0. The molecule has 0 bridgehead atoms. The fraction of sp³-hybridized carbons (Fsp3) is 0.231. The summed E-state index contributed by atoms with van der Waals surface area (Å²) in [6, 6.07) is 6.45. The molecule has 1 aromatic carbocycles. The summed E-state index contributed by atoms with van der Waals surface area (Å²) in [5.74, 6) is 0. The molecule has 106 valence electrons. The molecule has 0 unspecified atom stereocenters. The van der Waals surface area contributed by atoms with Crippen molar-refractivity contribution in [3.05, 3.63) is 60.8 Å². The molecule has 0 aliphatic heterocycles. The maximum atomic E-state index is 11.8. The summed E-state index contributed by atoms with van der Waals surface area (Å²) in [5, 5.41) is 4.13. The molecule has 20 heavy (non-hydrogen) atoms. The first-order chi connectivity index (χ1) is 9.40. The lowest BCUT2D eigenvalue weighted by molar-refractivity contribution is 0.655. The number of benzene rings is 1. The van der Waals surface area contributed by atoms with Crippen molar-refractivity contribution < 1.29 is 0 Å². The van der Waals surface area contributed by atoms with Crippen LogP contribution < -0.4 is 16.6 Å². The second kappa shape index (κ2) is 5.73. The fourth-order valence-electron chi connectivity index (χ4n) is 1.77. The number of hydrogen-bond acceptors (Lipinski definition) is 3. The summed E-state index contributed by atoms with van der Waals surface area (Å²) in [7, 11) is 3.05. The van der Waals surface area contributed by atoms with E-state index < -0.39 is 0 Å². The van der Waals surface area contributed by atoms with Crippen molar-refractivity contribution >= 4 is 28.9 Å². The lowest BCUT2D eigenvalue weighted by Gasteiger charge is -2.12. The minimum Gasteiger partial charge on any atom is -0.378 e. The monoisotopic (exact) mass is 313 g/mol. The molecule has 0 saturated carbocycles. The summed E-state index contributed by atoms with van der Waals surface area (Å²) < 4.78 is 2.46. The van der Waals surface area contributed by atoms with E-state index >= 15 is 0 Å². The lowest BCUT2D eigenvalue weighted by Crippen LogP contribution is -2.38. The molecule has 2 aromatic rings. The van der Waals surface area contributed by atoms with Gasteiger partial charge in [0.2, 0.25) is 0 Å². The van der Waals surface area contributed by atoms with Crippen LogP contribution in [0, 0.1) is 0 Å². The second-order valence-corrected chi connectivity index (χ2v) is 5.20. The maximum Gasteiger partial charge on any atom is 0.330 e. The molecule has 1 aromatic heterocycles. The van der Waals surface area contributed by atoms with Gasteiger partial charge in [0.25, 0.3) is 5.56 Å². The molecule has 1 heterocycles. The van der Waals surface area contributed by atoms with Crippen LogP contribution in [0.5, 0.6) is 0 Å². The highest BCUT2D eigenvalue weighted by Gasteiger charge is 2.07. The van der Waals surface area contributed by atoms with Gasteiger partial charge in [-0.2, -0.15) is 0 Å². The number of rotatable bonds is 3. The van der Waals surface area contributed by atoms with Crippen LogP contribution in [0.3, 0.4) is 0 Å². The molecule has 0 saturated heterocycles. The van der Waals surface area contributed by atoms with Gasteiger partial charge >= 0.3 is 5.69 Å². The first kappa shape index (κ1) is 14.7. The van der Waals surface area contributed by atoms with E-state index in [2.05, 4.69) is 5.32 Å². The fourth-order valence-corrected chi connectivity index (χ4v) is 2.12. The van der Waals surface area contributed by atoms with E-state index in [1.54, 1.807) is 25.2 Å². The molecule has 0 fully saturated rings. The molecule has 0 atom stereocenters. The van der Waals surface area contributed by atoms with Crippen LogP contribution in [0.15, 0.2) is 33.9 Å². The Balaban J connectivity index is 2.30. The van der Waals surface area contributed by atoms with Crippen molar-refractivity contribution in [2.75, 3.05) is 5.32 Å². The Morgan fingerprint density at radius 3 is 2.50 bits per heavy atom. The molecule has 5 nitrogen and oxygen atoms in total. The average molecular weight is 314 g/mol. The van der Waals surface area contributed by atoms with Crippen LogP contribution in [0.1, 0.15) is 5.69 Å². The van der Waals surface area contributed by atoms with Gasteiger partial charge in [0.1, 0.15) is 0 Å². The number of halogens is 2. The lowest BCUT2D eigenvalue weighted by atomic mass is 10.3. The van der Waals surface area contributed by atoms with E-state index in [9.17, 15) is 9.59 Å². The van der Waals surface area contributed by atoms with Crippen LogP contribution in [0.25, 0.3) is 0 Å². The maximum absolute atomic E-state index is 11.8. The zero-order chi connectivity index (χ0) is 14.9. The predicted octanol–water partition coefficient (Wildman–Crippen LogP) is 2.00. The Kier molecular flexibility index (Phi) is 4.20. The number of nitrogens with zero attached hydrogens (tertiary/aromatic N) is 2. The van der Waals surface area contributed by atoms with Crippen molar-refractivity contribution in [1.29, 1.82) is 0 Å². The van der Waals surface area contributed by atoms with Crippen molar-refractivity contribution in [2.24, 2.45) is 14.1 Å². The van der Waals surface area contributed by atoms with Crippen molar-refractivity contribution in [3.63, 3.8) is 0 Å². The van der Waals surface area contributed by atoms with Gasteiger partial charge in [0.15, 0.2) is 0 Å². The Bertz CT molecular complexity index is 765. The third kappa shape index (κ3) is 2.89. The second-order valence-electron chi connectivity index (χ2n) is 4.35. The third-order valence-electron chi connectivity index (χ3n) is 3.01. The molecular weight excluding hydrogens is 301 g/mol. The summed E-state index contributed by atoms with van der Waals surface area (Å²) in [6.45, 7) is 0.294. The van der Waals surface area contributed by atoms with Gasteiger partial charge in [-0.15, -0.1) is 0 Å². The molecular formula is C13H13Cl2N3O2. The first-order valence-corrected chi connectivity index (χ1v) is 6.60. The highest BCUT2D eigenvalue weighted by molar-refractivity contribution is 6.35. The Hall–Kier alpha value is -1.72. The molecule has 2 rings (SSSR count). The molecule has 0 amide bonds. The molecule has 0 aliphatic rings. The minimum atomic E-state index is -0.369. The first-order valence-electron chi connectivity index (χ1n) is 5.85. The Morgan fingerprint density at radius 1 is 1.10 bits per heavy atom. The molecule has 0 aliphatic carbocycles. The van der Waals surface area contributed by atoms with E-state index in [1.165, 1.54) is 17.7 Å². The van der Waals surface area contributed by atoms with E-state index in [0.29, 0.717) is 28.0 Å². The summed E-state index contributed by atoms with van der Waals surface area (Å²) >= 11 is 11.9. The highest BCUT2D eigenvalue weighted by atomic mass is 35.5. The topological polar surface area (TPSA) is 56.0 Å². The summed E-state index contributed by atoms with van der Waals surface area (Å²) in [6.07, 6.45) is 0. The predicted molar refractivity (Wildman–Crippen MR) is 80.7 cm³/mol. The quantitative estimate of drug-likeness (QED) is 0.943. The smallest absolute Gasteiger partial charge is 0.330 e. The van der Waals surface area contributed by atoms with Crippen LogP contribution in [0.2, 0.25) is 10.0 Å². The number of aromatic nitrogens is 2. The molecule has 7 heteroatoms. The van der Waals surface area contributed by atoms with Gasteiger partial charge in [-0.3, -0.25) is 13.9 Å². The van der Waals surface area contributed by atoms with Gasteiger partial charge in [-0.25, -0.2) is 4.79 Å². The largest absolute Gasteiger partial charge is 0.378 e. The number of anilines is 1. The zero-order valence-corrected chi connectivity index (χ0v) is 12.5. The van der Waals surface area contributed by atoms with Crippen LogP contribution >= 0.6 is 23.2 Å². The molecule has 0 radical (unpaired) electrons. The Morgan fingerprint density at radius 2 is 1.80 bits per heavy atom. The van der Waals surface area contributed by atoms with Gasteiger partial charge < -0.3 is 5.32 Å². The molecule has 1 N–H and O–H groups in total. The summed E-state index contributed by atoms with van der Waals surface area (Å²) in [4.78, 5) is 23.4.